The van der Waals surface area contributed by atoms with Crippen LogP contribution in [0.15, 0.2) is 121 Å². The van der Waals surface area contributed by atoms with Crippen molar-refractivity contribution in [3.05, 3.63) is 121 Å². The van der Waals surface area contributed by atoms with E-state index in [2.05, 4.69) is 108 Å². The second-order valence-corrected chi connectivity index (χ2v) is 40.7. The highest BCUT2D eigenvalue weighted by atomic mass is 32.1. The predicted molar refractivity (Wildman–Crippen MR) is 553 cm³/mol. The fraction of sp³-hybridized carbons (Fsp3) is 0.559. The minimum atomic E-state index is -0.656. The molecule has 42 heteroatoms. The van der Waals surface area contributed by atoms with E-state index in [0.29, 0.717) is 104 Å². The van der Waals surface area contributed by atoms with Gasteiger partial charge in [-0.25, -0.2) is 10.4 Å². The lowest BCUT2D eigenvalue weighted by Gasteiger charge is -2.35. The number of likely N-dealkylation sites (tertiary alicyclic amines) is 4. The summed E-state index contributed by atoms with van der Waals surface area (Å²) in [5.74, 6) is -1.48. The van der Waals surface area contributed by atoms with E-state index in [0.717, 1.165) is 185 Å². The van der Waals surface area contributed by atoms with Gasteiger partial charge in [-0.05, 0) is 205 Å². The SMILES string of the molecule is CN[C@@H](C)C(=O)N[C@H](C(=O)N1CCC[C@H]1C(=O)Nc1nnsc1-c1ccccc1)C1CCCCC1.CN[C@@H](C)C(=O)N[C@H](C(=O)N1CCC[C@H]1C(=O)Nc1nsnc1-c1ccccc1)C1CCCCC1.CN[C@@H](C)C(=O)N[C@H](C(=O)N1CCC[C@H]1C(=O)Nc1sc(NC(C)=O)nc1-c1ccccc1)C1CCCCC1.CN[C@@H](C)C(=O)N[C@H](C(=O)N1CCC[C@H]1C(=O)Nn1nnc(-c2ccccc2)n1)C1CCCCC1. The molecular weight excluding hydrogens is 1890 g/mol. The maximum Gasteiger partial charge on any atom is 0.264 e. The van der Waals surface area contributed by atoms with Crippen LogP contribution in [0.2, 0.25) is 0 Å². The Balaban J connectivity index is 0.000000161. The molecule has 774 valence electrons. The van der Waals surface area contributed by atoms with E-state index >= 15 is 0 Å². The van der Waals surface area contributed by atoms with E-state index < -0.39 is 72.5 Å². The third-order valence-corrected chi connectivity index (χ3v) is 31.0. The Morgan fingerprint density at radius 3 is 1.05 bits per heavy atom. The number of benzene rings is 4. The van der Waals surface area contributed by atoms with E-state index in [-0.39, 0.29) is 100 Å². The lowest BCUT2D eigenvalue weighted by molar-refractivity contribution is -0.142. The van der Waals surface area contributed by atoms with Crippen LogP contribution in [-0.4, -0.2) is 267 Å². The number of rotatable bonds is 33. The van der Waals surface area contributed by atoms with Crippen LogP contribution < -0.4 is 69.2 Å². The molecule has 8 fully saturated rings. The molecular formula is C102H140N26O13S3. The summed E-state index contributed by atoms with van der Waals surface area (Å²) in [6.07, 6.45) is 25.2. The number of tetrazole rings is 1. The highest BCUT2D eigenvalue weighted by Gasteiger charge is 2.47. The van der Waals surface area contributed by atoms with Gasteiger partial charge in [-0.2, -0.15) is 8.75 Å². The number of likely N-dealkylation sites (N-methyl/N-ethyl adjacent to an activating group) is 4. The lowest BCUT2D eigenvalue weighted by atomic mass is 9.83. The molecule has 4 saturated carbocycles. The van der Waals surface area contributed by atoms with Crippen molar-refractivity contribution < 1.29 is 62.3 Å². The molecule has 4 aromatic heterocycles. The molecule has 13 N–H and O–H groups in total. The maximum atomic E-state index is 13.9. The summed E-state index contributed by atoms with van der Waals surface area (Å²) in [6.45, 7) is 10.4. The van der Waals surface area contributed by atoms with Crippen LogP contribution >= 0.6 is 34.6 Å². The molecule has 4 aliphatic heterocycles. The van der Waals surface area contributed by atoms with Crippen molar-refractivity contribution in [2.24, 2.45) is 23.7 Å². The quantitative estimate of drug-likeness (QED) is 0.0182. The summed E-state index contributed by atoms with van der Waals surface area (Å²) >= 11 is 3.44. The van der Waals surface area contributed by atoms with Gasteiger partial charge in [-0.3, -0.25) is 62.3 Å². The van der Waals surface area contributed by atoms with Crippen molar-refractivity contribution in [1.29, 1.82) is 0 Å². The Hall–Kier alpha value is -12.4. The van der Waals surface area contributed by atoms with Crippen molar-refractivity contribution >= 4 is 133 Å². The number of thiazole rings is 1. The average Bonchev–Trinajstić information content (AvgIpc) is 1.60. The van der Waals surface area contributed by atoms with Crippen molar-refractivity contribution in [3.63, 3.8) is 0 Å². The van der Waals surface area contributed by atoms with Gasteiger partial charge in [-0.1, -0.05) is 219 Å². The van der Waals surface area contributed by atoms with Crippen LogP contribution in [0, 0.1) is 23.7 Å². The smallest absolute Gasteiger partial charge is 0.264 e. The summed E-state index contributed by atoms with van der Waals surface area (Å²) in [5.41, 5.74) is 7.21. The molecule has 39 nitrogen and oxygen atoms in total. The lowest BCUT2D eigenvalue weighted by Crippen LogP contribution is -2.58. The zero-order valence-electron chi connectivity index (χ0n) is 83.8. The minimum Gasteiger partial charge on any atom is -0.343 e. The number of carbonyl (C=O) groups excluding carboxylic acids is 13. The molecule has 8 heterocycles. The third-order valence-electron chi connectivity index (χ3n) is 28.8. The number of nitrogens with one attached hydrogen (secondary N) is 13. The maximum absolute atomic E-state index is 13.9. The van der Waals surface area contributed by atoms with E-state index in [1.54, 1.807) is 75.5 Å². The first kappa shape index (κ1) is 109. The predicted octanol–water partition coefficient (Wildman–Crippen LogP) is 10.1. The summed E-state index contributed by atoms with van der Waals surface area (Å²) in [7, 11) is 6.87. The van der Waals surface area contributed by atoms with Gasteiger partial charge in [0.1, 0.15) is 64.7 Å². The van der Waals surface area contributed by atoms with Gasteiger partial charge in [0.05, 0.1) is 40.8 Å². The molecule has 8 aliphatic rings. The Morgan fingerprint density at radius 2 is 0.688 bits per heavy atom. The standard InChI is InChI=1S/C28H38N6O4S.2C25H34N6O3S.C24H34N8O3/c1-17(29-3)24(36)31-23(20-13-8-5-9-14-20)27(38)34-16-10-15-21(34)25(37)33-26-22(19-11-6-4-7-12-19)32-28(39-26)30-18(2)35;1-16(26-2)23(32)27-20(17-10-5-3-6-11-17)25(34)31-15-9-14-19(31)24(33)28-22-21(35-30-29-22)18-12-7-4-8-13-18;1-16(26-2)23(32)27-21(18-12-7-4-8-13-18)25(34)31-15-9-14-19(31)24(33)28-22-20(29-35-30-22)17-10-5-3-6-11-17;1-16(25-2)22(33)26-20(17-10-5-3-6-11-17)24(35)31-15-9-14-19(31)23(34)29-32-28-21(27-30-32)18-12-7-4-8-13-18/h4,6-7,11-12,17,20-21,23,29H,5,8-10,13-16H2,1-3H3,(H,31,36)(H,33,37)(H,30,32,35);4,7-8,12-13,16-17,19-20,26H,3,5-6,9-11,14-15H2,1-2H3,(H,27,32)(H,28,33);3,5-6,10-11,16,18-19,21,26H,4,7-9,12-15H2,1-2H3,(H,27,32)(H,28,30,33);4,7-8,12-13,16-17,19-20,25H,3,5-6,9-11,14-15H2,1-2H3,(H,26,33)(H,29,34)/t17-,21-,23-;16-,19-,20-;16-,19-,21-;16-,19-,20-/m0000/s1. The molecule has 12 atom stereocenters. The van der Waals surface area contributed by atoms with Crippen LogP contribution in [0.3, 0.4) is 0 Å². The first-order valence-electron chi connectivity index (χ1n) is 51.1. The van der Waals surface area contributed by atoms with E-state index in [9.17, 15) is 62.3 Å². The number of amides is 13. The number of hydrogen-bond acceptors (Lipinski definition) is 28. The fourth-order valence-electron chi connectivity index (χ4n) is 20.2. The van der Waals surface area contributed by atoms with Gasteiger partial charge >= 0.3 is 0 Å². The Labute approximate surface area is 853 Å². The number of nitrogens with zero attached hydrogens (tertiary/aromatic N) is 13. The molecule has 4 aromatic carbocycles. The Kier molecular flexibility index (Phi) is 40.8. The van der Waals surface area contributed by atoms with Crippen molar-refractivity contribution in [2.45, 2.75) is 287 Å². The van der Waals surface area contributed by atoms with Crippen LogP contribution in [0.1, 0.15) is 214 Å². The normalized spacial score (nSPS) is 20.0. The van der Waals surface area contributed by atoms with Crippen LogP contribution in [0.25, 0.3) is 44.3 Å². The molecule has 4 aliphatic carbocycles. The second kappa shape index (κ2) is 54.0. The molecule has 0 spiro atoms. The molecule has 144 heavy (non-hydrogen) atoms. The van der Waals surface area contributed by atoms with Crippen LogP contribution in [0.4, 0.5) is 21.8 Å². The van der Waals surface area contributed by atoms with Crippen LogP contribution in [-0.2, 0) is 62.3 Å². The van der Waals surface area contributed by atoms with Gasteiger partial charge < -0.3 is 83.4 Å². The zero-order chi connectivity index (χ0) is 102. The van der Waals surface area contributed by atoms with Gasteiger partial charge in [-0.15, -0.1) is 15.3 Å². The molecule has 4 saturated heterocycles. The van der Waals surface area contributed by atoms with Crippen molar-refractivity contribution in [1.82, 2.24) is 106 Å². The summed E-state index contributed by atoms with van der Waals surface area (Å²) in [5, 5.41) is 52.4. The first-order valence-corrected chi connectivity index (χ1v) is 53.4. The largest absolute Gasteiger partial charge is 0.343 e. The Morgan fingerprint density at radius 1 is 0.354 bits per heavy atom. The third kappa shape index (κ3) is 28.9. The summed E-state index contributed by atoms with van der Waals surface area (Å²) in [6, 6.07) is 31.3. The monoisotopic (exact) mass is 2030 g/mol. The molecule has 0 bridgehead atoms. The molecule has 0 unspecified atom stereocenters. The van der Waals surface area contributed by atoms with Gasteiger partial charge in [0.25, 0.3) is 5.91 Å². The van der Waals surface area contributed by atoms with E-state index in [1.807, 2.05) is 121 Å². The number of hydrogen-bond donors (Lipinski definition) is 13. The average molecular weight is 2030 g/mol. The number of carbonyl (C=O) groups is 13. The van der Waals surface area contributed by atoms with Crippen molar-refractivity contribution in [3.8, 4) is 44.3 Å². The van der Waals surface area contributed by atoms with Crippen molar-refractivity contribution in [2.75, 3.05) is 81.1 Å². The highest BCUT2D eigenvalue weighted by Crippen LogP contribution is 2.40. The number of aromatic nitrogens is 9. The molecule has 8 aromatic rings. The second-order valence-electron chi connectivity index (χ2n) is 38.4. The van der Waals surface area contributed by atoms with Crippen LogP contribution in [0.5, 0.6) is 0 Å². The van der Waals surface area contributed by atoms with Gasteiger partial charge in [0.2, 0.25) is 76.7 Å². The highest BCUT2D eigenvalue weighted by molar-refractivity contribution is 7.20. The Bertz CT molecular complexity index is 5430. The molecule has 13 amide bonds. The number of anilines is 4. The fourth-order valence-corrected chi connectivity index (χ4v) is 22.3. The topological polar surface area (TPSA) is 499 Å². The molecule has 16 rings (SSSR count). The summed E-state index contributed by atoms with van der Waals surface area (Å²) < 4.78 is 12.7. The van der Waals surface area contributed by atoms with E-state index in [4.69, 9.17) is 0 Å². The summed E-state index contributed by atoms with van der Waals surface area (Å²) in [4.78, 5) is 184. The first-order chi connectivity index (χ1) is 69.7. The zero-order valence-corrected chi connectivity index (χ0v) is 86.2. The molecule has 0 radical (unpaired) electrons. The van der Waals surface area contributed by atoms with Gasteiger partial charge in [0, 0.05) is 49.8 Å². The van der Waals surface area contributed by atoms with E-state index in [1.165, 1.54) is 29.8 Å². The van der Waals surface area contributed by atoms with Gasteiger partial charge in [0.15, 0.2) is 16.8 Å². The minimum absolute atomic E-state index is 0.0509.